The number of unbranched alkanes of at least 4 members (excludes halogenated alkanes) is 1. The Balaban J connectivity index is 0.000000300. The van der Waals surface area contributed by atoms with Crippen molar-refractivity contribution in [1.29, 1.82) is 0 Å². The largest absolute Gasteiger partial charge is 0.273 e. The molecule has 19 heavy (non-hydrogen) atoms. The van der Waals surface area contributed by atoms with Crippen molar-refractivity contribution in [2.75, 3.05) is 0 Å². The molecule has 2 rings (SSSR count). The maximum Gasteiger partial charge on any atom is -0.109 e. The van der Waals surface area contributed by atoms with E-state index >= 15 is 0 Å². The molecule has 0 bridgehead atoms. The molecule has 0 saturated carbocycles. The van der Waals surface area contributed by atoms with E-state index in [4.69, 9.17) is 0 Å². The molecule has 0 fully saturated rings. The first-order valence-electron chi connectivity index (χ1n) is 7.06. The minimum atomic E-state index is 1.01. The summed E-state index contributed by atoms with van der Waals surface area (Å²) in [7, 11) is 0. The molecular weight excluding hydrogens is 307 g/mol. The fraction of sp³-hybridized carbons (Fsp3) is 0.500. The zero-order valence-corrected chi connectivity index (χ0v) is 15.3. The topological polar surface area (TPSA) is 0 Å². The Bertz CT molecular complexity index is 353. The van der Waals surface area contributed by atoms with Gasteiger partial charge < -0.3 is 0 Å². The molecule has 0 aromatic heterocycles. The second kappa shape index (κ2) is 12.7. The molecule has 0 nitrogen and oxygen atoms in total. The summed E-state index contributed by atoms with van der Waals surface area (Å²) in [5.74, 6) is 0. The van der Waals surface area contributed by atoms with Crippen molar-refractivity contribution < 1.29 is 24.2 Å². The Morgan fingerprint density at radius 2 is 2.00 bits per heavy atom. The van der Waals surface area contributed by atoms with Crippen LogP contribution in [0, 0.1) is 12.2 Å². The predicted molar refractivity (Wildman–Crippen MR) is 82.6 cm³/mol. The number of allylic oxidation sites excluding steroid dienone is 8. The van der Waals surface area contributed by atoms with Crippen LogP contribution in [0.4, 0.5) is 0 Å². The summed E-state index contributed by atoms with van der Waals surface area (Å²) in [4.78, 5) is 0. The van der Waals surface area contributed by atoms with Gasteiger partial charge in [0.2, 0.25) is 0 Å². The molecule has 0 saturated heterocycles. The van der Waals surface area contributed by atoms with Gasteiger partial charge in [-0.3, -0.25) is 12.2 Å². The third kappa shape index (κ3) is 12.5. The van der Waals surface area contributed by atoms with Gasteiger partial charge in [0.15, 0.2) is 0 Å². The smallest absolute Gasteiger partial charge is 0.109 e. The third-order valence-corrected chi connectivity index (χ3v) is 2.61. The van der Waals surface area contributed by atoms with E-state index in [1.807, 2.05) is 12.2 Å². The zero-order valence-electron chi connectivity index (χ0n) is 12.8. The van der Waals surface area contributed by atoms with Crippen molar-refractivity contribution in [3.63, 3.8) is 0 Å². The van der Waals surface area contributed by atoms with E-state index in [9.17, 15) is 0 Å². The first kappa shape index (κ1) is 18.7. The SMILES string of the molecule is CCCCC1=C(C)C=[C-]C1.C[C](C)=[Zr+2].[C-]1=CC=CC1. The molecule has 1 heteroatoms. The Hall–Kier alpha value is -0.287. The van der Waals surface area contributed by atoms with Gasteiger partial charge in [-0.2, -0.15) is 11.6 Å². The van der Waals surface area contributed by atoms with Crippen LogP contribution >= 0.6 is 0 Å². The fourth-order valence-electron chi connectivity index (χ4n) is 1.58. The van der Waals surface area contributed by atoms with Crippen molar-refractivity contribution in [2.24, 2.45) is 0 Å². The quantitative estimate of drug-likeness (QED) is 0.614. The van der Waals surface area contributed by atoms with Crippen LogP contribution in [0.15, 0.2) is 35.5 Å². The summed E-state index contributed by atoms with van der Waals surface area (Å²) in [5, 5.41) is 0. The molecule has 0 aromatic carbocycles. The standard InChI is InChI=1S/C10H15.C5H5.C3H6.Zr/c1-3-4-7-10-8-5-6-9(10)2;1-2-4-5-3-1;1-3-2;/h6H,3-4,7-8H2,1-2H3;1-3H,4H2;1-2H3;/q2*-1;;+2. The van der Waals surface area contributed by atoms with Crippen LogP contribution in [-0.4, -0.2) is 3.21 Å². The van der Waals surface area contributed by atoms with Crippen LogP contribution in [0.5, 0.6) is 0 Å². The minimum absolute atomic E-state index is 1.01. The molecule has 2 aliphatic rings. The van der Waals surface area contributed by atoms with Gasteiger partial charge in [-0.15, -0.1) is 19.8 Å². The molecule has 0 aromatic rings. The Morgan fingerprint density at radius 1 is 1.32 bits per heavy atom. The summed E-state index contributed by atoms with van der Waals surface area (Å²) in [6.45, 7) is 8.67. The van der Waals surface area contributed by atoms with E-state index in [1.54, 1.807) is 29.8 Å². The minimum Gasteiger partial charge on any atom is -0.273 e. The van der Waals surface area contributed by atoms with E-state index in [0.29, 0.717) is 0 Å². The van der Waals surface area contributed by atoms with Gasteiger partial charge in [0, 0.05) is 0 Å². The molecule has 0 atom stereocenters. The van der Waals surface area contributed by atoms with Gasteiger partial charge in [0.25, 0.3) is 0 Å². The Morgan fingerprint density at radius 3 is 2.32 bits per heavy atom. The Labute approximate surface area is 134 Å². The third-order valence-electron chi connectivity index (χ3n) is 2.61. The van der Waals surface area contributed by atoms with Crippen molar-refractivity contribution in [2.45, 2.75) is 59.8 Å². The second-order valence-corrected chi connectivity index (χ2v) is 7.38. The molecule has 102 valence electrons. The first-order chi connectivity index (χ1) is 9.07. The van der Waals surface area contributed by atoms with Crippen molar-refractivity contribution in [3.8, 4) is 0 Å². The van der Waals surface area contributed by atoms with Crippen molar-refractivity contribution in [3.05, 3.63) is 47.6 Å². The molecule has 0 radical (unpaired) electrons. The van der Waals surface area contributed by atoms with Crippen LogP contribution < -0.4 is 0 Å². The molecule has 2 aliphatic carbocycles. The van der Waals surface area contributed by atoms with E-state index in [2.05, 4.69) is 52.0 Å². The molecule has 0 N–H and O–H groups in total. The van der Waals surface area contributed by atoms with Crippen LogP contribution in [-0.2, 0) is 24.2 Å². The van der Waals surface area contributed by atoms with Gasteiger partial charge >= 0.3 is 41.3 Å². The first-order valence-corrected chi connectivity index (χ1v) is 8.29. The predicted octanol–water partition coefficient (Wildman–Crippen LogP) is 5.31. The van der Waals surface area contributed by atoms with E-state index in [1.165, 1.54) is 28.0 Å². The summed E-state index contributed by atoms with van der Waals surface area (Å²) in [5.41, 5.74) is 3.05. The summed E-state index contributed by atoms with van der Waals surface area (Å²) in [6.07, 6.45) is 20.4. The average Bonchev–Trinajstić information content (AvgIpc) is 3.00. The van der Waals surface area contributed by atoms with E-state index in [-0.39, 0.29) is 0 Å². The molecule has 0 aliphatic heterocycles. The molecular formula is C18H26Zr. The monoisotopic (exact) mass is 332 g/mol. The zero-order chi connectivity index (χ0) is 14.5. The fourth-order valence-corrected chi connectivity index (χ4v) is 1.58. The van der Waals surface area contributed by atoms with E-state index < -0.39 is 0 Å². The van der Waals surface area contributed by atoms with Gasteiger partial charge in [-0.1, -0.05) is 19.8 Å². The van der Waals surface area contributed by atoms with Gasteiger partial charge in [-0.25, -0.2) is 23.8 Å². The molecule has 0 spiro atoms. The average molecular weight is 334 g/mol. The summed E-state index contributed by atoms with van der Waals surface area (Å²) < 4.78 is 1.51. The second-order valence-electron chi connectivity index (χ2n) is 4.92. The van der Waals surface area contributed by atoms with Gasteiger partial charge in [-0.05, 0) is 6.42 Å². The summed E-state index contributed by atoms with van der Waals surface area (Å²) in [6, 6.07) is 0. The summed E-state index contributed by atoms with van der Waals surface area (Å²) >= 11 is 1.55. The number of rotatable bonds is 3. The molecule has 0 amide bonds. The van der Waals surface area contributed by atoms with Crippen molar-refractivity contribution >= 4 is 3.21 Å². The van der Waals surface area contributed by atoms with Crippen LogP contribution in [0.25, 0.3) is 0 Å². The molecule has 0 heterocycles. The Kier molecular flexibility index (Phi) is 12.5. The van der Waals surface area contributed by atoms with Gasteiger partial charge in [0.05, 0.1) is 0 Å². The number of hydrogen-bond donors (Lipinski definition) is 0. The van der Waals surface area contributed by atoms with E-state index in [0.717, 1.165) is 12.8 Å². The maximum absolute atomic E-state index is 3.23. The normalized spacial score (nSPS) is 15.1. The van der Waals surface area contributed by atoms with Crippen molar-refractivity contribution in [1.82, 2.24) is 0 Å². The van der Waals surface area contributed by atoms with Crippen LogP contribution in [0.2, 0.25) is 0 Å². The van der Waals surface area contributed by atoms with Gasteiger partial charge in [0.1, 0.15) is 0 Å². The van der Waals surface area contributed by atoms with Crippen LogP contribution in [0.3, 0.4) is 0 Å². The molecule has 0 unspecified atom stereocenters. The maximum atomic E-state index is 3.23. The van der Waals surface area contributed by atoms with Crippen LogP contribution in [0.1, 0.15) is 59.8 Å². The number of hydrogen-bond acceptors (Lipinski definition) is 0.